The van der Waals surface area contributed by atoms with Gasteiger partial charge in [0.25, 0.3) is 0 Å². The predicted molar refractivity (Wildman–Crippen MR) is 74.4 cm³/mol. The maximum atomic E-state index is 6.24. The largest absolute Gasteiger partial charge is 0.310 e. The Morgan fingerprint density at radius 3 is 2.75 bits per heavy atom. The summed E-state index contributed by atoms with van der Waals surface area (Å²) in [5, 5.41) is 4.29. The van der Waals surface area contributed by atoms with E-state index in [0.29, 0.717) is 6.04 Å². The second-order valence-electron chi connectivity index (χ2n) is 4.10. The van der Waals surface area contributed by atoms with Gasteiger partial charge in [0.1, 0.15) is 0 Å². The fourth-order valence-corrected chi connectivity index (χ4v) is 2.62. The van der Waals surface area contributed by atoms with Gasteiger partial charge in [-0.3, -0.25) is 0 Å². The highest BCUT2D eigenvalue weighted by Crippen LogP contribution is 2.28. The van der Waals surface area contributed by atoms with E-state index < -0.39 is 0 Å². The molecule has 1 N–H and O–H groups in total. The van der Waals surface area contributed by atoms with Crippen molar-refractivity contribution in [2.45, 2.75) is 44.7 Å². The summed E-state index contributed by atoms with van der Waals surface area (Å²) in [6.45, 7) is 7.35. The molecule has 0 spiro atoms. The topological polar surface area (TPSA) is 12.0 Å². The maximum Gasteiger partial charge on any atom is 0.0462 e. The van der Waals surface area contributed by atoms with Crippen LogP contribution in [-0.4, -0.2) is 11.8 Å². The van der Waals surface area contributed by atoms with Gasteiger partial charge in [-0.05, 0) is 29.9 Å². The van der Waals surface area contributed by atoms with E-state index in [1.165, 1.54) is 16.9 Å². The minimum absolute atomic E-state index is 0.486. The van der Waals surface area contributed by atoms with Gasteiger partial charge in [0.15, 0.2) is 0 Å². The quantitative estimate of drug-likeness (QED) is 0.761. The fraction of sp³-hybridized carbons (Fsp3) is 0.538. The lowest BCUT2D eigenvalue weighted by atomic mass is 10.2. The van der Waals surface area contributed by atoms with Crippen LogP contribution in [0.1, 0.15) is 32.8 Å². The molecule has 1 rings (SSSR count). The normalized spacial score (nSPS) is 11.1. The zero-order valence-electron chi connectivity index (χ0n) is 10.2. The van der Waals surface area contributed by atoms with Crippen LogP contribution in [0.2, 0.25) is 5.02 Å². The summed E-state index contributed by atoms with van der Waals surface area (Å²) in [7, 11) is 0. The fourth-order valence-electron chi connectivity index (χ4n) is 1.36. The zero-order valence-corrected chi connectivity index (χ0v) is 11.8. The third kappa shape index (κ3) is 4.36. The van der Waals surface area contributed by atoms with Crippen LogP contribution in [0.4, 0.5) is 0 Å². The van der Waals surface area contributed by atoms with Gasteiger partial charge in [0, 0.05) is 22.5 Å². The standard InChI is InChI=1S/C13H20ClNS/c1-4-8-16-13-7-5-6-12(14)11(13)9-15-10(2)3/h5-7,10,15H,4,8-9H2,1-3H3. The van der Waals surface area contributed by atoms with E-state index >= 15 is 0 Å². The molecule has 1 aromatic carbocycles. The van der Waals surface area contributed by atoms with Crippen LogP contribution >= 0.6 is 23.4 Å². The van der Waals surface area contributed by atoms with Crippen molar-refractivity contribution >= 4 is 23.4 Å². The van der Waals surface area contributed by atoms with Gasteiger partial charge >= 0.3 is 0 Å². The maximum absolute atomic E-state index is 6.24. The van der Waals surface area contributed by atoms with Gasteiger partial charge in [-0.25, -0.2) is 0 Å². The van der Waals surface area contributed by atoms with Crippen molar-refractivity contribution in [3.8, 4) is 0 Å². The van der Waals surface area contributed by atoms with Crippen LogP contribution in [0.3, 0.4) is 0 Å². The van der Waals surface area contributed by atoms with Gasteiger partial charge < -0.3 is 5.32 Å². The molecule has 0 aliphatic rings. The van der Waals surface area contributed by atoms with Crippen LogP contribution < -0.4 is 5.32 Å². The van der Waals surface area contributed by atoms with E-state index in [9.17, 15) is 0 Å². The van der Waals surface area contributed by atoms with Crippen molar-refractivity contribution in [2.75, 3.05) is 5.75 Å². The van der Waals surface area contributed by atoms with E-state index in [1.54, 1.807) is 0 Å². The highest BCUT2D eigenvalue weighted by molar-refractivity contribution is 7.99. The average Bonchev–Trinajstić information content (AvgIpc) is 2.24. The average molecular weight is 258 g/mol. The van der Waals surface area contributed by atoms with Crippen molar-refractivity contribution in [1.82, 2.24) is 5.32 Å². The molecule has 0 amide bonds. The van der Waals surface area contributed by atoms with Crippen LogP contribution in [-0.2, 0) is 6.54 Å². The molecule has 0 atom stereocenters. The second kappa shape index (κ2) is 7.21. The Bertz CT molecular complexity index is 326. The number of nitrogens with one attached hydrogen (secondary N) is 1. The van der Waals surface area contributed by atoms with Crippen molar-refractivity contribution in [1.29, 1.82) is 0 Å². The van der Waals surface area contributed by atoms with Gasteiger partial charge in [-0.1, -0.05) is 38.4 Å². The van der Waals surface area contributed by atoms with E-state index in [2.05, 4.69) is 32.2 Å². The highest BCUT2D eigenvalue weighted by atomic mass is 35.5. The predicted octanol–water partition coefficient (Wildman–Crippen LogP) is 4.34. The molecular weight excluding hydrogens is 238 g/mol. The van der Waals surface area contributed by atoms with Gasteiger partial charge in [-0.15, -0.1) is 11.8 Å². The monoisotopic (exact) mass is 257 g/mol. The molecule has 1 nitrogen and oxygen atoms in total. The van der Waals surface area contributed by atoms with E-state index in [1.807, 2.05) is 23.9 Å². The number of thioether (sulfide) groups is 1. The molecule has 0 bridgehead atoms. The van der Waals surface area contributed by atoms with Crippen LogP contribution in [0.25, 0.3) is 0 Å². The number of hydrogen-bond donors (Lipinski definition) is 1. The summed E-state index contributed by atoms with van der Waals surface area (Å²) in [6, 6.07) is 6.64. The summed E-state index contributed by atoms with van der Waals surface area (Å²) in [5.74, 6) is 1.15. The Kier molecular flexibility index (Phi) is 6.25. The van der Waals surface area contributed by atoms with Gasteiger partial charge in [0.2, 0.25) is 0 Å². The molecule has 0 aliphatic heterocycles. The minimum Gasteiger partial charge on any atom is -0.310 e. The van der Waals surface area contributed by atoms with Crippen molar-refractivity contribution in [3.63, 3.8) is 0 Å². The summed E-state index contributed by atoms with van der Waals surface area (Å²) >= 11 is 8.13. The Morgan fingerprint density at radius 2 is 2.12 bits per heavy atom. The Hall–Kier alpha value is -0.180. The first-order chi connectivity index (χ1) is 7.65. The SMILES string of the molecule is CCCSc1cccc(Cl)c1CNC(C)C. The first kappa shape index (κ1) is 13.9. The number of hydrogen-bond acceptors (Lipinski definition) is 2. The number of halogens is 1. The third-order valence-corrected chi connectivity index (χ3v) is 3.88. The van der Waals surface area contributed by atoms with Crippen LogP contribution in [0.15, 0.2) is 23.1 Å². The lowest BCUT2D eigenvalue weighted by molar-refractivity contribution is 0.585. The zero-order chi connectivity index (χ0) is 12.0. The van der Waals surface area contributed by atoms with Gasteiger partial charge in [-0.2, -0.15) is 0 Å². The highest BCUT2D eigenvalue weighted by Gasteiger charge is 2.07. The van der Waals surface area contributed by atoms with Crippen LogP contribution in [0.5, 0.6) is 0 Å². The number of benzene rings is 1. The molecule has 0 aromatic heterocycles. The summed E-state index contributed by atoms with van der Waals surface area (Å²) < 4.78 is 0. The Labute approximate surface area is 108 Å². The molecule has 1 aromatic rings. The molecule has 0 unspecified atom stereocenters. The first-order valence-corrected chi connectivity index (χ1v) is 7.15. The van der Waals surface area contributed by atoms with Crippen molar-refractivity contribution in [3.05, 3.63) is 28.8 Å². The third-order valence-electron chi connectivity index (χ3n) is 2.22. The molecule has 16 heavy (non-hydrogen) atoms. The molecule has 0 aliphatic carbocycles. The summed E-state index contributed by atoms with van der Waals surface area (Å²) in [4.78, 5) is 1.31. The molecule has 0 fully saturated rings. The molecule has 0 radical (unpaired) electrons. The minimum atomic E-state index is 0.486. The molecule has 3 heteroatoms. The first-order valence-electron chi connectivity index (χ1n) is 5.78. The Morgan fingerprint density at radius 1 is 1.38 bits per heavy atom. The van der Waals surface area contributed by atoms with Crippen LogP contribution in [0, 0.1) is 0 Å². The second-order valence-corrected chi connectivity index (χ2v) is 5.64. The molecule has 0 saturated heterocycles. The molecule has 0 saturated carbocycles. The van der Waals surface area contributed by atoms with E-state index in [0.717, 1.165) is 17.3 Å². The van der Waals surface area contributed by atoms with Crippen molar-refractivity contribution < 1.29 is 0 Å². The molecular formula is C13H20ClNS. The molecule has 90 valence electrons. The van der Waals surface area contributed by atoms with E-state index in [-0.39, 0.29) is 0 Å². The van der Waals surface area contributed by atoms with Gasteiger partial charge in [0.05, 0.1) is 0 Å². The summed E-state index contributed by atoms with van der Waals surface area (Å²) in [6.07, 6.45) is 1.19. The van der Waals surface area contributed by atoms with E-state index in [4.69, 9.17) is 11.6 Å². The summed E-state index contributed by atoms with van der Waals surface area (Å²) in [5.41, 5.74) is 1.23. The lowest BCUT2D eigenvalue weighted by Gasteiger charge is -2.13. The smallest absolute Gasteiger partial charge is 0.0462 e. The lowest BCUT2D eigenvalue weighted by Crippen LogP contribution is -2.22. The van der Waals surface area contributed by atoms with Crippen molar-refractivity contribution in [2.24, 2.45) is 0 Å². The number of rotatable bonds is 6. The Balaban J connectivity index is 2.77. The molecule has 0 heterocycles.